The molecule has 1 rings (SSSR count). The van der Waals surface area contributed by atoms with Gasteiger partial charge in [0.05, 0.1) is 12.2 Å². The molecule has 1 aliphatic carbocycles. The maximum Gasteiger partial charge on any atom is 0.225 e. The fourth-order valence-electron chi connectivity index (χ4n) is 1.23. The van der Waals surface area contributed by atoms with Gasteiger partial charge in [-0.3, -0.25) is 0 Å². The summed E-state index contributed by atoms with van der Waals surface area (Å²) in [4.78, 5) is 0. The summed E-state index contributed by atoms with van der Waals surface area (Å²) >= 11 is 0. The van der Waals surface area contributed by atoms with Gasteiger partial charge in [-0.1, -0.05) is 0 Å². The van der Waals surface area contributed by atoms with E-state index in [2.05, 4.69) is 4.72 Å². The van der Waals surface area contributed by atoms with E-state index in [-0.39, 0.29) is 12.1 Å². The highest BCUT2D eigenvalue weighted by molar-refractivity contribution is 7.89. The molecule has 0 aromatic carbocycles. The molecule has 1 saturated carbocycles. The van der Waals surface area contributed by atoms with Gasteiger partial charge < -0.3 is 4.74 Å². The van der Waals surface area contributed by atoms with E-state index in [1.807, 2.05) is 0 Å². The monoisotopic (exact) mass is 204 g/mol. The van der Waals surface area contributed by atoms with Gasteiger partial charge in [0.2, 0.25) is 10.0 Å². The Labute approximate surface area is 77.7 Å². The van der Waals surface area contributed by atoms with Crippen molar-refractivity contribution < 1.29 is 13.2 Å². The summed E-state index contributed by atoms with van der Waals surface area (Å²) in [6.45, 7) is 0. The number of hydrogen-bond acceptors (Lipinski definition) is 4. The zero-order valence-electron chi connectivity index (χ0n) is 7.36. The normalized spacial score (nSPS) is 27.7. The summed E-state index contributed by atoms with van der Waals surface area (Å²) in [6, 6.07) is 1.55. The van der Waals surface area contributed by atoms with E-state index < -0.39 is 15.8 Å². The van der Waals surface area contributed by atoms with E-state index in [9.17, 15) is 8.42 Å². The Morgan fingerprint density at radius 2 is 2.23 bits per heavy atom. The summed E-state index contributed by atoms with van der Waals surface area (Å²) < 4.78 is 29.5. The number of nitrogens with one attached hydrogen (secondary N) is 1. The van der Waals surface area contributed by atoms with Crippen molar-refractivity contribution in [1.29, 1.82) is 5.26 Å². The van der Waals surface area contributed by atoms with Crippen LogP contribution in [0.15, 0.2) is 0 Å². The highest BCUT2D eigenvalue weighted by Gasteiger charge is 2.31. The minimum absolute atomic E-state index is 0.0525. The van der Waals surface area contributed by atoms with Crippen LogP contribution in [-0.4, -0.2) is 33.4 Å². The zero-order valence-corrected chi connectivity index (χ0v) is 8.17. The van der Waals surface area contributed by atoms with E-state index in [0.29, 0.717) is 12.8 Å². The Morgan fingerprint density at radius 1 is 1.62 bits per heavy atom. The molecule has 0 aromatic heterocycles. The SMILES string of the molecule is COC1CC(NS(=O)(=O)CC#N)C1. The van der Waals surface area contributed by atoms with Crippen molar-refractivity contribution in [3.8, 4) is 6.07 Å². The lowest BCUT2D eigenvalue weighted by molar-refractivity contribution is 0.0236. The van der Waals surface area contributed by atoms with Crippen molar-refractivity contribution in [2.24, 2.45) is 0 Å². The summed E-state index contributed by atoms with van der Waals surface area (Å²) in [6.07, 6.45) is 1.55. The molecule has 0 amide bonds. The maximum absolute atomic E-state index is 11.1. The van der Waals surface area contributed by atoms with Gasteiger partial charge in [0, 0.05) is 13.2 Å². The standard InChI is InChI=1S/C7H12N2O3S/c1-12-7-4-6(5-7)9-13(10,11)3-2-8/h6-7,9H,3-5H2,1H3. The smallest absolute Gasteiger partial charge is 0.225 e. The minimum Gasteiger partial charge on any atom is -0.381 e. The molecule has 13 heavy (non-hydrogen) atoms. The second-order valence-electron chi connectivity index (χ2n) is 3.06. The maximum atomic E-state index is 11.1. The quantitative estimate of drug-likeness (QED) is 0.676. The lowest BCUT2D eigenvalue weighted by Crippen LogP contribution is -2.47. The second-order valence-corrected chi connectivity index (χ2v) is 4.81. The van der Waals surface area contributed by atoms with Gasteiger partial charge in [-0.25, -0.2) is 13.1 Å². The highest BCUT2D eigenvalue weighted by atomic mass is 32.2. The molecule has 0 aromatic rings. The second kappa shape index (κ2) is 4.05. The topological polar surface area (TPSA) is 79.2 Å². The lowest BCUT2D eigenvalue weighted by atomic mass is 9.90. The number of rotatable bonds is 4. The van der Waals surface area contributed by atoms with Gasteiger partial charge in [-0.2, -0.15) is 5.26 Å². The molecule has 0 heterocycles. The Hall–Kier alpha value is -0.640. The lowest BCUT2D eigenvalue weighted by Gasteiger charge is -2.33. The molecule has 0 saturated heterocycles. The van der Waals surface area contributed by atoms with Crippen molar-refractivity contribution in [2.75, 3.05) is 12.9 Å². The van der Waals surface area contributed by atoms with E-state index in [1.54, 1.807) is 13.2 Å². The molecule has 1 fully saturated rings. The van der Waals surface area contributed by atoms with Gasteiger partial charge in [0.25, 0.3) is 0 Å². The van der Waals surface area contributed by atoms with Crippen LogP contribution in [0.5, 0.6) is 0 Å². The van der Waals surface area contributed by atoms with Crippen molar-refractivity contribution >= 4 is 10.0 Å². The first-order valence-corrected chi connectivity index (χ1v) is 5.62. The van der Waals surface area contributed by atoms with Gasteiger partial charge in [0.1, 0.15) is 0 Å². The molecule has 0 aliphatic heterocycles. The summed E-state index contributed by atoms with van der Waals surface area (Å²) in [5.74, 6) is -0.471. The van der Waals surface area contributed by atoms with Crippen molar-refractivity contribution in [3.63, 3.8) is 0 Å². The molecular formula is C7H12N2O3S. The van der Waals surface area contributed by atoms with Crippen LogP contribution < -0.4 is 4.72 Å². The summed E-state index contributed by atoms with van der Waals surface area (Å²) in [5, 5.41) is 8.21. The number of nitriles is 1. The fourth-order valence-corrected chi connectivity index (χ4v) is 2.19. The summed E-state index contributed by atoms with van der Waals surface area (Å²) in [7, 11) is -1.79. The molecule has 6 heteroatoms. The van der Waals surface area contributed by atoms with Gasteiger partial charge in [-0.15, -0.1) is 0 Å². The van der Waals surface area contributed by atoms with Crippen molar-refractivity contribution in [3.05, 3.63) is 0 Å². The average Bonchev–Trinajstić information content (AvgIpc) is 1.95. The molecule has 0 unspecified atom stereocenters. The van der Waals surface area contributed by atoms with E-state index in [4.69, 9.17) is 10.00 Å². The number of sulfonamides is 1. The molecule has 1 aliphatic rings. The predicted molar refractivity (Wildman–Crippen MR) is 46.4 cm³/mol. The molecule has 1 N–H and O–H groups in total. The van der Waals surface area contributed by atoms with Crippen LogP contribution in [0.3, 0.4) is 0 Å². The molecule has 0 atom stereocenters. The number of hydrogen-bond donors (Lipinski definition) is 1. The first kappa shape index (κ1) is 10.4. The molecule has 5 nitrogen and oxygen atoms in total. The third-order valence-electron chi connectivity index (χ3n) is 2.03. The van der Waals surface area contributed by atoms with Crippen molar-refractivity contribution in [1.82, 2.24) is 4.72 Å². The van der Waals surface area contributed by atoms with E-state index in [0.717, 1.165) is 0 Å². The van der Waals surface area contributed by atoms with Crippen LogP contribution in [0.1, 0.15) is 12.8 Å². The van der Waals surface area contributed by atoms with Crippen molar-refractivity contribution in [2.45, 2.75) is 25.0 Å². The van der Waals surface area contributed by atoms with E-state index >= 15 is 0 Å². The van der Waals surface area contributed by atoms with Crippen LogP contribution in [0, 0.1) is 11.3 Å². The van der Waals surface area contributed by atoms with Gasteiger partial charge in [0.15, 0.2) is 5.75 Å². The highest BCUT2D eigenvalue weighted by Crippen LogP contribution is 2.22. The molecule has 0 radical (unpaired) electrons. The zero-order chi connectivity index (χ0) is 9.90. The molecule has 0 bridgehead atoms. The fraction of sp³-hybridized carbons (Fsp3) is 0.857. The van der Waals surface area contributed by atoms with E-state index in [1.165, 1.54) is 0 Å². The first-order valence-electron chi connectivity index (χ1n) is 3.97. The number of nitrogens with zero attached hydrogens (tertiary/aromatic N) is 1. The number of ether oxygens (including phenoxy) is 1. The number of methoxy groups -OCH3 is 1. The van der Waals surface area contributed by atoms with Gasteiger partial charge in [-0.05, 0) is 12.8 Å². The average molecular weight is 204 g/mol. The van der Waals surface area contributed by atoms with Crippen LogP contribution in [0.2, 0.25) is 0 Å². The summed E-state index contributed by atoms with van der Waals surface area (Å²) in [5.41, 5.74) is 0. The Bertz CT molecular complexity index is 300. The Balaban J connectivity index is 2.32. The Kier molecular flexibility index (Phi) is 3.25. The van der Waals surface area contributed by atoms with Gasteiger partial charge >= 0.3 is 0 Å². The van der Waals surface area contributed by atoms with Crippen LogP contribution in [0.4, 0.5) is 0 Å². The van der Waals surface area contributed by atoms with Crippen LogP contribution in [0.25, 0.3) is 0 Å². The molecular weight excluding hydrogens is 192 g/mol. The van der Waals surface area contributed by atoms with Crippen LogP contribution in [-0.2, 0) is 14.8 Å². The predicted octanol–water partition coefficient (Wildman–Crippen LogP) is -0.393. The Morgan fingerprint density at radius 3 is 2.69 bits per heavy atom. The third kappa shape index (κ3) is 2.95. The first-order chi connectivity index (χ1) is 6.07. The van der Waals surface area contributed by atoms with Crippen LogP contribution >= 0.6 is 0 Å². The largest absolute Gasteiger partial charge is 0.381 e. The molecule has 74 valence electrons. The minimum atomic E-state index is -3.39. The third-order valence-corrected chi connectivity index (χ3v) is 3.23. The molecule has 0 spiro atoms.